The standard InChI is InChI=1S/C9H11BrINO/c10-6-1-2-8(11)7(5-6)9(12)3-4-13/h1-2,5,9,13H,3-4,12H2. The molecule has 0 saturated carbocycles. The summed E-state index contributed by atoms with van der Waals surface area (Å²) in [7, 11) is 0. The van der Waals surface area contributed by atoms with Crippen LogP contribution in [0.2, 0.25) is 0 Å². The molecule has 0 saturated heterocycles. The van der Waals surface area contributed by atoms with Crippen LogP contribution in [0.1, 0.15) is 18.0 Å². The summed E-state index contributed by atoms with van der Waals surface area (Å²) in [4.78, 5) is 0. The number of benzene rings is 1. The van der Waals surface area contributed by atoms with E-state index in [4.69, 9.17) is 10.8 Å². The Hall–Kier alpha value is 0.350. The second kappa shape index (κ2) is 5.29. The van der Waals surface area contributed by atoms with E-state index < -0.39 is 0 Å². The van der Waals surface area contributed by atoms with Crippen LogP contribution in [0.4, 0.5) is 0 Å². The zero-order valence-corrected chi connectivity index (χ0v) is 10.7. The summed E-state index contributed by atoms with van der Waals surface area (Å²) < 4.78 is 2.16. The van der Waals surface area contributed by atoms with Crippen LogP contribution in [0.15, 0.2) is 22.7 Å². The minimum absolute atomic E-state index is 0.0746. The van der Waals surface area contributed by atoms with Gasteiger partial charge in [-0.1, -0.05) is 15.9 Å². The third kappa shape index (κ3) is 3.19. The van der Waals surface area contributed by atoms with Crippen LogP contribution in [0.25, 0.3) is 0 Å². The molecule has 0 spiro atoms. The Labute approximate surface area is 99.8 Å². The van der Waals surface area contributed by atoms with Crippen LogP contribution < -0.4 is 5.73 Å². The minimum Gasteiger partial charge on any atom is -0.396 e. The average Bonchev–Trinajstić information content (AvgIpc) is 2.09. The Bertz CT molecular complexity index is 293. The van der Waals surface area contributed by atoms with E-state index in [2.05, 4.69) is 38.5 Å². The summed E-state index contributed by atoms with van der Waals surface area (Å²) in [5.41, 5.74) is 6.98. The van der Waals surface area contributed by atoms with Gasteiger partial charge in [0.25, 0.3) is 0 Å². The van der Waals surface area contributed by atoms with Crippen molar-refractivity contribution in [3.63, 3.8) is 0 Å². The molecule has 0 radical (unpaired) electrons. The minimum atomic E-state index is -0.0746. The lowest BCUT2D eigenvalue weighted by molar-refractivity contribution is 0.276. The van der Waals surface area contributed by atoms with Crippen molar-refractivity contribution in [1.82, 2.24) is 0 Å². The Balaban J connectivity index is 2.91. The van der Waals surface area contributed by atoms with Gasteiger partial charge in [0.1, 0.15) is 0 Å². The van der Waals surface area contributed by atoms with E-state index in [-0.39, 0.29) is 12.6 Å². The molecule has 72 valence electrons. The predicted octanol–water partition coefficient (Wildman–Crippen LogP) is 2.44. The molecule has 1 atom stereocenters. The van der Waals surface area contributed by atoms with Gasteiger partial charge < -0.3 is 10.8 Å². The van der Waals surface area contributed by atoms with Crippen molar-refractivity contribution in [1.29, 1.82) is 0 Å². The zero-order chi connectivity index (χ0) is 9.84. The van der Waals surface area contributed by atoms with E-state index in [1.165, 1.54) is 0 Å². The van der Waals surface area contributed by atoms with E-state index in [9.17, 15) is 0 Å². The predicted molar refractivity (Wildman–Crippen MR) is 65.5 cm³/mol. The fraction of sp³-hybridized carbons (Fsp3) is 0.333. The molecule has 0 aliphatic heterocycles. The maximum Gasteiger partial charge on any atom is 0.0449 e. The summed E-state index contributed by atoms with van der Waals surface area (Å²) in [5, 5.41) is 8.76. The van der Waals surface area contributed by atoms with Gasteiger partial charge in [0.2, 0.25) is 0 Å². The molecule has 4 heteroatoms. The van der Waals surface area contributed by atoms with Gasteiger partial charge in [-0.15, -0.1) is 0 Å². The lowest BCUT2D eigenvalue weighted by Crippen LogP contribution is -2.13. The third-order valence-corrected chi connectivity index (χ3v) is 3.27. The SMILES string of the molecule is NC(CCO)c1cc(Br)ccc1I. The fourth-order valence-corrected chi connectivity index (χ4v) is 2.21. The van der Waals surface area contributed by atoms with E-state index >= 15 is 0 Å². The van der Waals surface area contributed by atoms with Gasteiger partial charge in [-0.05, 0) is 52.8 Å². The Morgan fingerprint density at radius 2 is 2.23 bits per heavy atom. The van der Waals surface area contributed by atoms with E-state index in [0.29, 0.717) is 6.42 Å². The summed E-state index contributed by atoms with van der Waals surface area (Å²) in [5.74, 6) is 0. The van der Waals surface area contributed by atoms with Crippen molar-refractivity contribution in [3.8, 4) is 0 Å². The van der Waals surface area contributed by atoms with Gasteiger partial charge in [-0.2, -0.15) is 0 Å². The lowest BCUT2D eigenvalue weighted by atomic mass is 10.1. The number of aliphatic hydroxyl groups excluding tert-OH is 1. The fourth-order valence-electron chi connectivity index (χ4n) is 1.09. The molecule has 0 bridgehead atoms. The van der Waals surface area contributed by atoms with Crippen LogP contribution in [-0.4, -0.2) is 11.7 Å². The topological polar surface area (TPSA) is 46.2 Å². The summed E-state index contributed by atoms with van der Waals surface area (Å²) in [6, 6.07) is 5.92. The normalized spacial score (nSPS) is 12.9. The molecule has 1 rings (SSSR count). The van der Waals surface area contributed by atoms with Crippen molar-refractivity contribution < 1.29 is 5.11 Å². The first-order valence-electron chi connectivity index (χ1n) is 3.96. The highest BCUT2D eigenvalue weighted by atomic mass is 127. The maximum absolute atomic E-state index is 8.76. The molecule has 2 nitrogen and oxygen atoms in total. The van der Waals surface area contributed by atoms with E-state index in [0.717, 1.165) is 13.6 Å². The summed E-state index contributed by atoms with van der Waals surface area (Å²) in [6.45, 7) is 0.129. The number of nitrogens with two attached hydrogens (primary N) is 1. The zero-order valence-electron chi connectivity index (χ0n) is 7.00. The van der Waals surface area contributed by atoms with Gasteiger partial charge in [0, 0.05) is 20.7 Å². The Kier molecular flexibility index (Phi) is 4.64. The number of aliphatic hydroxyl groups is 1. The number of halogens is 2. The second-order valence-corrected chi connectivity index (χ2v) is 4.86. The van der Waals surface area contributed by atoms with Crippen LogP contribution in [0.3, 0.4) is 0 Å². The molecular weight excluding hydrogens is 345 g/mol. The third-order valence-electron chi connectivity index (χ3n) is 1.80. The summed E-state index contributed by atoms with van der Waals surface area (Å²) >= 11 is 5.64. The number of rotatable bonds is 3. The second-order valence-electron chi connectivity index (χ2n) is 2.78. The molecule has 1 aromatic carbocycles. The Morgan fingerprint density at radius 3 is 2.85 bits per heavy atom. The van der Waals surface area contributed by atoms with Gasteiger partial charge in [-0.3, -0.25) is 0 Å². The first kappa shape index (κ1) is 11.4. The van der Waals surface area contributed by atoms with Crippen molar-refractivity contribution in [3.05, 3.63) is 31.8 Å². The molecule has 13 heavy (non-hydrogen) atoms. The molecule has 0 aliphatic rings. The molecule has 0 aliphatic carbocycles. The molecule has 0 heterocycles. The van der Waals surface area contributed by atoms with Gasteiger partial charge in [-0.25, -0.2) is 0 Å². The van der Waals surface area contributed by atoms with E-state index in [1.54, 1.807) is 0 Å². The van der Waals surface area contributed by atoms with Gasteiger partial charge in [0.05, 0.1) is 0 Å². The molecule has 3 N–H and O–H groups in total. The number of hydrogen-bond acceptors (Lipinski definition) is 2. The van der Waals surface area contributed by atoms with E-state index in [1.807, 2.05) is 18.2 Å². The summed E-state index contributed by atoms with van der Waals surface area (Å²) in [6.07, 6.45) is 0.604. The molecule has 0 fully saturated rings. The smallest absolute Gasteiger partial charge is 0.0449 e. The highest BCUT2D eigenvalue weighted by molar-refractivity contribution is 14.1. The molecule has 1 unspecified atom stereocenters. The lowest BCUT2D eigenvalue weighted by Gasteiger charge is -2.12. The molecule has 0 amide bonds. The number of hydrogen-bond donors (Lipinski definition) is 2. The molecular formula is C9H11BrINO. The van der Waals surface area contributed by atoms with Crippen molar-refractivity contribution in [2.24, 2.45) is 5.73 Å². The maximum atomic E-state index is 8.76. The van der Waals surface area contributed by atoms with Crippen LogP contribution in [0, 0.1) is 3.57 Å². The Morgan fingerprint density at radius 1 is 1.54 bits per heavy atom. The van der Waals surface area contributed by atoms with Gasteiger partial charge >= 0.3 is 0 Å². The van der Waals surface area contributed by atoms with Crippen molar-refractivity contribution in [2.45, 2.75) is 12.5 Å². The average molecular weight is 356 g/mol. The largest absolute Gasteiger partial charge is 0.396 e. The van der Waals surface area contributed by atoms with Crippen molar-refractivity contribution >= 4 is 38.5 Å². The molecule has 0 aromatic heterocycles. The van der Waals surface area contributed by atoms with Crippen LogP contribution in [0.5, 0.6) is 0 Å². The monoisotopic (exact) mass is 355 g/mol. The quantitative estimate of drug-likeness (QED) is 0.818. The highest BCUT2D eigenvalue weighted by Gasteiger charge is 2.09. The highest BCUT2D eigenvalue weighted by Crippen LogP contribution is 2.24. The molecule has 1 aromatic rings. The van der Waals surface area contributed by atoms with Crippen LogP contribution in [-0.2, 0) is 0 Å². The first-order chi connectivity index (χ1) is 6.15. The first-order valence-corrected chi connectivity index (χ1v) is 5.83. The van der Waals surface area contributed by atoms with Crippen LogP contribution >= 0.6 is 38.5 Å². The van der Waals surface area contributed by atoms with Gasteiger partial charge in [0.15, 0.2) is 0 Å². The van der Waals surface area contributed by atoms with Crippen molar-refractivity contribution in [2.75, 3.05) is 6.61 Å².